The van der Waals surface area contributed by atoms with E-state index in [0.29, 0.717) is 5.95 Å². The number of para-hydroxylation sites is 2. The molecule has 0 saturated carbocycles. The Balaban J connectivity index is 0.982. The molecule has 0 spiro atoms. The Morgan fingerprint density at radius 1 is 0.409 bits per heavy atom. The first kappa shape index (κ1) is 37.1. The molecule has 0 N–H and O–H groups in total. The molecule has 66 heavy (non-hydrogen) atoms. The van der Waals surface area contributed by atoms with Crippen LogP contribution in [-0.2, 0) is 10.8 Å². The number of benzene rings is 9. The van der Waals surface area contributed by atoms with E-state index < -0.39 is 5.41 Å². The van der Waals surface area contributed by atoms with Gasteiger partial charge in [-0.3, -0.25) is 4.57 Å². The summed E-state index contributed by atoms with van der Waals surface area (Å²) in [6, 6.07) is 77.9. The Morgan fingerprint density at radius 2 is 1.03 bits per heavy atom. The molecule has 4 heteroatoms. The summed E-state index contributed by atoms with van der Waals surface area (Å²) >= 11 is 0. The van der Waals surface area contributed by atoms with Crippen molar-refractivity contribution in [2.45, 2.75) is 24.7 Å². The van der Waals surface area contributed by atoms with Crippen LogP contribution in [0.15, 0.2) is 219 Å². The Labute approximate surface area is 382 Å². The normalized spacial score (nSPS) is 14.2. The van der Waals surface area contributed by atoms with Crippen LogP contribution in [-0.4, -0.2) is 19.1 Å². The summed E-state index contributed by atoms with van der Waals surface area (Å²) < 4.78 is 4.64. The molecule has 2 aliphatic carbocycles. The molecular formula is C62H42N4. The molecule has 12 aromatic rings. The van der Waals surface area contributed by atoms with Gasteiger partial charge >= 0.3 is 0 Å². The van der Waals surface area contributed by atoms with Crippen LogP contribution in [0.1, 0.15) is 47.2 Å². The molecule has 0 saturated heterocycles. The Kier molecular flexibility index (Phi) is 7.63. The highest BCUT2D eigenvalue weighted by atomic mass is 15.2. The van der Waals surface area contributed by atoms with Crippen molar-refractivity contribution in [3.8, 4) is 45.1 Å². The zero-order chi connectivity index (χ0) is 43.7. The van der Waals surface area contributed by atoms with E-state index in [1.807, 2.05) is 0 Å². The smallest absolute Gasteiger partial charge is 0.235 e. The highest BCUT2D eigenvalue weighted by molar-refractivity contribution is 6.13. The summed E-state index contributed by atoms with van der Waals surface area (Å²) in [4.78, 5) is 10.9. The first-order valence-electron chi connectivity index (χ1n) is 22.9. The molecule has 0 atom stereocenters. The van der Waals surface area contributed by atoms with E-state index >= 15 is 0 Å². The molecule has 310 valence electrons. The maximum absolute atomic E-state index is 5.56. The fraction of sp³-hybridized carbons (Fsp3) is 0.0645. The zero-order valence-corrected chi connectivity index (χ0v) is 36.6. The van der Waals surface area contributed by atoms with Crippen LogP contribution in [0.3, 0.4) is 0 Å². The van der Waals surface area contributed by atoms with E-state index in [-0.39, 0.29) is 5.41 Å². The molecule has 9 aromatic carbocycles. The minimum absolute atomic E-state index is 0.131. The second-order valence-corrected chi connectivity index (χ2v) is 18.5. The summed E-state index contributed by atoms with van der Waals surface area (Å²) in [5, 5.41) is 4.55. The van der Waals surface area contributed by atoms with Gasteiger partial charge in [-0.15, -0.1) is 0 Å². The average Bonchev–Trinajstić information content (AvgIpc) is 4.09. The van der Waals surface area contributed by atoms with Gasteiger partial charge in [-0.1, -0.05) is 178 Å². The van der Waals surface area contributed by atoms with Crippen LogP contribution >= 0.6 is 0 Å². The molecule has 4 nitrogen and oxygen atoms in total. The number of fused-ring (bicyclic) bond motifs is 11. The van der Waals surface area contributed by atoms with Crippen molar-refractivity contribution in [2.75, 3.05) is 0 Å². The molecule has 0 aliphatic heterocycles. The molecule has 0 bridgehead atoms. The lowest BCUT2D eigenvalue weighted by Crippen LogP contribution is -2.28. The van der Waals surface area contributed by atoms with E-state index in [9.17, 15) is 0 Å². The summed E-state index contributed by atoms with van der Waals surface area (Å²) in [5.74, 6) is 0.654. The van der Waals surface area contributed by atoms with E-state index in [1.165, 1.54) is 71.8 Å². The fourth-order valence-electron chi connectivity index (χ4n) is 11.9. The van der Waals surface area contributed by atoms with Gasteiger partial charge in [-0.25, -0.2) is 9.97 Å². The van der Waals surface area contributed by atoms with Gasteiger partial charge in [0, 0.05) is 44.4 Å². The van der Waals surface area contributed by atoms with E-state index in [1.54, 1.807) is 0 Å². The summed E-state index contributed by atoms with van der Waals surface area (Å²) in [6.07, 6.45) is 2.23. The molecular weight excluding hydrogens is 801 g/mol. The minimum atomic E-state index is -0.489. The number of hydrogen-bond donors (Lipinski definition) is 0. The van der Waals surface area contributed by atoms with Crippen LogP contribution < -0.4 is 0 Å². The van der Waals surface area contributed by atoms with E-state index in [4.69, 9.17) is 9.97 Å². The van der Waals surface area contributed by atoms with Crippen molar-refractivity contribution in [3.05, 3.63) is 252 Å². The van der Waals surface area contributed by atoms with Gasteiger partial charge in [0.05, 0.1) is 33.2 Å². The minimum Gasteiger partial charge on any atom is -0.316 e. The van der Waals surface area contributed by atoms with Crippen molar-refractivity contribution in [2.24, 2.45) is 0 Å². The highest BCUT2D eigenvalue weighted by Crippen LogP contribution is 2.57. The van der Waals surface area contributed by atoms with Gasteiger partial charge in [0.2, 0.25) is 5.95 Å². The standard InChI is InChI=1S/C62H42N4/c1-61(2)51-25-13-9-21-44(51)46-31-29-40(36-53(46)61)59-49-24-11-15-27-55(49)63-60(64-59)66-56-28-16-12-23-48(56)50-35-39-33-34-65(57(39)38-58(50)66)43-30-32-47-45-22-10-14-26-52(45)62(54(47)37-43,41-17-5-3-6-18-41)42-19-7-4-8-20-42/h3-38H,1-2H3. The van der Waals surface area contributed by atoms with Gasteiger partial charge in [-0.05, 0) is 104 Å². The van der Waals surface area contributed by atoms with Gasteiger partial charge in [0.25, 0.3) is 0 Å². The lowest BCUT2D eigenvalue weighted by Gasteiger charge is -2.34. The number of rotatable bonds is 5. The largest absolute Gasteiger partial charge is 0.316 e. The molecule has 0 unspecified atom stereocenters. The maximum atomic E-state index is 5.56. The lowest BCUT2D eigenvalue weighted by molar-refractivity contribution is 0.660. The highest BCUT2D eigenvalue weighted by Gasteiger charge is 2.46. The Morgan fingerprint density at radius 3 is 1.82 bits per heavy atom. The van der Waals surface area contributed by atoms with Crippen molar-refractivity contribution >= 4 is 43.6 Å². The number of hydrogen-bond acceptors (Lipinski definition) is 2. The maximum Gasteiger partial charge on any atom is 0.235 e. The third-order valence-electron chi connectivity index (χ3n) is 14.9. The molecule has 2 aliphatic rings. The Bertz CT molecular complexity index is 3930. The van der Waals surface area contributed by atoms with Crippen molar-refractivity contribution < 1.29 is 0 Å². The quantitative estimate of drug-likeness (QED) is 0.173. The molecule has 3 heterocycles. The third-order valence-corrected chi connectivity index (χ3v) is 14.9. The van der Waals surface area contributed by atoms with Gasteiger partial charge in [-0.2, -0.15) is 0 Å². The topological polar surface area (TPSA) is 35.6 Å². The number of nitrogens with zero attached hydrogens (tertiary/aromatic N) is 4. The van der Waals surface area contributed by atoms with Crippen LogP contribution in [0.2, 0.25) is 0 Å². The molecule has 0 amide bonds. The predicted octanol–water partition coefficient (Wildman–Crippen LogP) is 15.0. The van der Waals surface area contributed by atoms with Crippen LogP contribution in [0.4, 0.5) is 0 Å². The molecule has 3 aromatic heterocycles. The first-order valence-corrected chi connectivity index (χ1v) is 22.9. The van der Waals surface area contributed by atoms with Crippen LogP contribution in [0.5, 0.6) is 0 Å². The van der Waals surface area contributed by atoms with Crippen LogP contribution in [0.25, 0.3) is 88.8 Å². The van der Waals surface area contributed by atoms with Crippen molar-refractivity contribution in [3.63, 3.8) is 0 Å². The van der Waals surface area contributed by atoms with E-state index in [0.717, 1.165) is 44.4 Å². The van der Waals surface area contributed by atoms with Gasteiger partial charge in [0.15, 0.2) is 0 Å². The third kappa shape index (κ3) is 4.98. The lowest BCUT2D eigenvalue weighted by atomic mass is 9.67. The fourth-order valence-corrected chi connectivity index (χ4v) is 11.9. The summed E-state index contributed by atoms with van der Waals surface area (Å²) in [6.45, 7) is 4.68. The van der Waals surface area contributed by atoms with Crippen LogP contribution in [0, 0.1) is 0 Å². The summed E-state index contributed by atoms with van der Waals surface area (Å²) in [5.41, 5.74) is 19.6. The average molecular weight is 843 g/mol. The predicted molar refractivity (Wildman–Crippen MR) is 271 cm³/mol. The molecule has 0 fully saturated rings. The second-order valence-electron chi connectivity index (χ2n) is 18.5. The first-order chi connectivity index (χ1) is 32.5. The van der Waals surface area contributed by atoms with Gasteiger partial charge in [0.1, 0.15) is 0 Å². The SMILES string of the molecule is CC1(C)c2ccccc2-c2ccc(-c3nc(-n4c5ccccc5c5cc6ccn(-c7ccc8c(c7)C(c7ccccc7)(c7ccccc7)c7ccccc7-8)c6cc54)nc4ccccc34)cc21. The second kappa shape index (κ2) is 13.6. The monoisotopic (exact) mass is 842 g/mol. The molecule has 0 radical (unpaired) electrons. The zero-order valence-electron chi connectivity index (χ0n) is 36.6. The Hall–Kier alpha value is -8.34. The van der Waals surface area contributed by atoms with E-state index in [2.05, 4.69) is 242 Å². The number of aromatic nitrogens is 4. The van der Waals surface area contributed by atoms with Gasteiger partial charge < -0.3 is 4.57 Å². The van der Waals surface area contributed by atoms with Crippen molar-refractivity contribution in [1.82, 2.24) is 19.1 Å². The molecule has 14 rings (SSSR count). The van der Waals surface area contributed by atoms with Crippen molar-refractivity contribution in [1.29, 1.82) is 0 Å². The summed E-state index contributed by atoms with van der Waals surface area (Å²) in [7, 11) is 0.